The van der Waals surface area contributed by atoms with E-state index in [0.717, 1.165) is 5.56 Å². The molecule has 6 heteroatoms. The minimum absolute atomic E-state index is 0.0439. The molecule has 1 saturated heterocycles. The van der Waals surface area contributed by atoms with Gasteiger partial charge in [-0.3, -0.25) is 0 Å². The zero-order valence-corrected chi connectivity index (χ0v) is 11.9. The van der Waals surface area contributed by atoms with Gasteiger partial charge in [0.25, 0.3) is 10.0 Å². The molecular weight excluding hydrogens is 278 g/mol. The van der Waals surface area contributed by atoms with E-state index in [4.69, 9.17) is 4.74 Å². The molecule has 0 saturated carbocycles. The lowest BCUT2D eigenvalue weighted by atomic mass is 10.2. The molecule has 0 spiro atoms. The van der Waals surface area contributed by atoms with Crippen LogP contribution in [0.2, 0.25) is 0 Å². The van der Waals surface area contributed by atoms with Crippen LogP contribution in [0.4, 0.5) is 4.79 Å². The number of cyclic esters (lactones) is 1. The highest BCUT2D eigenvalue weighted by Gasteiger charge is 2.38. The van der Waals surface area contributed by atoms with E-state index in [0.29, 0.717) is 16.4 Å². The van der Waals surface area contributed by atoms with Crippen LogP contribution in [0.25, 0.3) is 0 Å². The van der Waals surface area contributed by atoms with E-state index in [1.807, 2.05) is 6.92 Å². The number of rotatable bonds is 4. The van der Waals surface area contributed by atoms with Crippen molar-refractivity contribution in [2.45, 2.75) is 18.2 Å². The van der Waals surface area contributed by atoms with E-state index in [2.05, 4.69) is 6.58 Å². The lowest BCUT2D eigenvalue weighted by Crippen LogP contribution is -2.30. The van der Waals surface area contributed by atoms with Crippen LogP contribution >= 0.6 is 0 Å². The molecule has 0 unspecified atom stereocenters. The summed E-state index contributed by atoms with van der Waals surface area (Å²) < 4.78 is 30.5. The average molecular weight is 293 g/mol. The third-order valence-corrected chi connectivity index (χ3v) is 4.58. The predicted octanol–water partition coefficient (Wildman–Crippen LogP) is 2.60. The van der Waals surface area contributed by atoms with E-state index in [1.165, 1.54) is 12.1 Å². The summed E-state index contributed by atoms with van der Waals surface area (Å²) in [5.74, 6) is 0. The Morgan fingerprint density at radius 3 is 2.60 bits per heavy atom. The molecule has 0 aliphatic carbocycles. The topological polar surface area (TPSA) is 63.7 Å². The fraction of sp³-hybridized carbons (Fsp3) is 0.214. The third-order valence-electron chi connectivity index (χ3n) is 2.85. The molecular formula is C14H15NO4S. The van der Waals surface area contributed by atoms with Crippen LogP contribution in [0.1, 0.15) is 12.0 Å². The Morgan fingerprint density at radius 2 is 2.00 bits per heavy atom. The van der Waals surface area contributed by atoms with Gasteiger partial charge in [-0.15, -0.1) is 6.58 Å². The van der Waals surface area contributed by atoms with E-state index >= 15 is 0 Å². The van der Waals surface area contributed by atoms with Crippen molar-refractivity contribution in [3.8, 4) is 0 Å². The molecule has 1 aliphatic heterocycles. The van der Waals surface area contributed by atoms with Gasteiger partial charge in [0.15, 0.2) is 0 Å². The van der Waals surface area contributed by atoms with Gasteiger partial charge in [0, 0.05) is 0 Å². The van der Waals surface area contributed by atoms with Gasteiger partial charge in [-0.2, -0.15) is 4.31 Å². The van der Waals surface area contributed by atoms with E-state index in [1.54, 1.807) is 24.3 Å². The summed E-state index contributed by atoms with van der Waals surface area (Å²) in [6.45, 7) is 5.37. The molecule has 0 aromatic heterocycles. The Labute approximate surface area is 118 Å². The fourth-order valence-electron chi connectivity index (χ4n) is 1.80. The number of allylic oxidation sites excluding steroid dienone is 2. The quantitative estimate of drug-likeness (QED) is 0.800. The predicted molar refractivity (Wildman–Crippen MR) is 74.4 cm³/mol. The second kappa shape index (κ2) is 5.50. The number of amides is 1. The van der Waals surface area contributed by atoms with Gasteiger partial charge in [-0.1, -0.05) is 29.8 Å². The maximum atomic E-state index is 12.5. The Morgan fingerprint density at radius 1 is 1.35 bits per heavy atom. The van der Waals surface area contributed by atoms with Crippen molar-refractivity contribution in [1.29, 1.82) is 0 Å². The molecule has 106 valence electrons. The SMILES string of the molecule is C=CC/C=C1\COC(=O)N1S(=O)(=O)c1ccc(C)cc1. The highest BCUT2D eigenvalue weighted by Crippen LogP contribution is 2.26. The summed E-state index contributed by atoms with van der Waals surface area (Å²) in [5.41, 5.74) is 1.26. The van der Waals surface area contributed by atoms with Gasteiger partial charge in [0.05, 0.1) is 10.6 Å². The number of nitrogens with zero attached hydrogens (tertiary/aromatic N) is 1. The maximum Gasteiger partial charge on any atom is 0.428 e. The summed E-state index contributed by atoms with van der Waals surface area (Å²) in [5, 5.41) is 0. The number of aryl methyl sites for hydroxylation is 1. The number of ether oxygens (including phenoxy) is 1. The van der Waals surface area contributed by atoms with Crippen LogP contribution in [0.3, 0.4) is 0 Å². The van der Waals surface area contributed by atoms with Crippen molar-refractivity contribution in [2.75, 3.05) is 6.61 Å². The summed E-state index contributed by atoms with van der Waals surface area (Å²) in [6, 6.07) is 6.31. The first kappa shape index (κ1) is 14.3. The van der Waals surface area contributed by atoms with Crippen molar-refractivity contribution in [3.63, 3.8) is 0 Å². The molecule has 0 atom stereocenters. The Hall–Kier alpha value is -2.08. The van der Waals surface area contributed by atoms with Gasteiger partial charge >= 0.3 is 6.09 Å². The molecule has 0 radical (unpaired) electrons. The van der Waals surface area contributed by atoms with Crippen LogP contribution in [0.5, 0.6) is 0 Å². The number of carbonyl (C=O) groups is 1. The summed E-state index contributed by atoms with van der Waals surface area (Å²) in [7, 11) is -3.93. The molecule has 5 nitrogen and oxygen atoms in total. The van der Waals surface area contributed by atoms with Crippen molar-refractivity contribution >= 4 is 16.1 Å². The van der Waals surface area contributed by atoms with Gasteiger partial charge in [-0.25, -0.2) is 13.2 Å². The largest absolute Gasteiger partial charge is 0.442 e. The Bertz CT molecular complexity index is 659. The fourth-order valence-corrected chi connectivity index (χ4v) is 3.18. The monoisotopic (exact) mass is 293 g/mol. The number of hydrogen-bond donors (Lipinski definition) is 0. The molecule has 1 aliphatic rings. The summed E-state index contributed by atoms with van der Waals surface area (Å²) in [6.07, 6.45) is 2.82. The first-order valence-corrected chi connectivity index (χ1v) is 7.49. The molecule has 1 heterocycles. The van der Waals surface area contributed by atoms with Gasteiger partial charge in [0.1, 0.15) is 6.61 Å². The highest BCUT2D eigenvalue weighted by atomic mass is 32.2. The molecule has 0 N–H and O–H groups in total. The number of carbonyl (C=O) groups excluding carboxylic acids is 1. The van der Waals surface area contributed by atoms with Crippen molar-refractivity contribution in [3.05, 3.63) is 54.3 Å². The number of hydrogen-bond acceptors (Lipinski definition) is 4. The van der Waals surface area contributed by atoms with E-state index < -0.39 is 16.1 Å². The Kier molecular flexibility index (Phi) is 3.94. The second-order valence-electron chi connectivity index (χ2n) is 4.36. The van der Waals surface area contributed by atoms with E-state index in [9.17, 15) is 13.2 Å². The molecule has 1 fully saturated rings. The molecule has 1 amide bonds. The van der Waals surface area contributed by atoms with Crippen LogP contribution in [-0.4, -0.2) is 25.4 Å². The lowest BCUT2D eigenvalue weighted by molar-refractivity contribution is 0.170. The van der Waals surface area contributed by atoms with Gasteiger partial charge in [-0.05, 0) is 25.5 Å². The van der Waals surface area contributed by atoms with Crippen LogP contribution in [0, 0.1) is 6.92 Å². The first-order chi connectivity index (χ1) is 9.46. The minimum Gasteiger partial charge on any atom is -0.442 e. The molecule has 1 aromatic carbocycles. The zero-order valence-electron chi connectivity index (χ0n) is 11.1. The number of benzene rings is 1. The minimum atomic E-state index is -3.93. The average Bonchev–Trinajstić information content (AvgIpc) is 2.78. The van der Waals surface area contributed by atoms with Gasteiger partial charge in [0.2, 0.25) is 0 Å². The highest BCUT2D eigenvalue weighted by molar-refractivity contribution is 7.89. The maximum absolute atomic E-state index is 12.5. The Balaban J connectivity index is 2.43. The second-order valence-corrected chi connectivity index (χ2v) is 6.14. The van der Waals surface area contributed by atoms with E-state index in [-0.39, 0.29) is 11.5 Å². The normalized spacial score (nSPS) is 17.4. The number of sulfonamides is 1. The third kappa shape index (κ3) is 2.60. The van der Waals surface area contributed by atoms with Crippen molar-refractivity contribution < 1.29 is 17.9 Å². The standard InChI is InChI=1S/C14H15NO4S/c1-3-4-5-12-10-19-14(16)15(12)20(17,18)13-8-6-11(2)7-9-13/h3,5-9H,1,4,10H2,2H3/b12-5+. The van der Waals surface area contributed by atoms with Crippen LogP contribution in [-0.2, 0) is 14.8 Å². The molecule has 1 aromatic rings. The lowest BCUT2D eigenvalue weighted by Gasteiger charge is -2.15. The molecule has 0 bridgehead atoms. The summed E-state index contributed by atoms with van der Waals surface area (Å²) in [4.78, 5) is 11.8. The van der Waals surface area contributed by atoms with Crippen LogP contribution < -0.4 is 0 Å². The smallest absolute Gasteiger partial charge is 0.428 e. The van der Waals surface area contributed by atoms with Crippen molar-refractivity contribution in [2.24, 2.45) is 0 Å². The zero-order chi connectivity index (χ0) is 14.8. The molecule has 20 heavy (non-hydrogen) atoms. The van der Waals surface area contributed by atoms with Crippen molar-refractivity contribution in [1.82, 2.24) is 4.31 Å². The summed E-state index contributed by atoms with van der Waals surface area (Å²) >= 11 is 0. The van der Waals surface area contributed by atoms with Crippen LogP contribution in [0.15, 0.2) is 53.6 Å². The molecule has 2 rings (SSSR count). The van der Waals surface area contributed by atoms with Gasteiger partial charge < -0.3 is 4.74 Å². The first-order valence-electron chi connectivity index (χ1n) is 6.05.